The molecule has 0 N–H and O–H groups in total. The highest BCUT2D eigenvalue weighted by atomic mass is 28.2. The maximum absolute atomic E-state index is 2.50. The van der Waals surface area contributed by atoms with Gasteiger partial charge in [-0.1, -0.05) is 24.3 Å². The molecule has 0 heterocycles. The van der Waals surface area contributed by atoms with Crippen LogP contribution in [0.1, 0.15) is 0 Å². The lowest BCUT2D eigenvalue weighted by molar-refractivity contribution is 1.05. The van der Waals surface area contributed by atoms with E-state index in [1.165, 1.54) is 88.1 Å². The van der Waals surface area contributed by atoms with Crippen LogP contribution in [0.15, 0.2) is 48.5 Å². The first kappa shape index (κ1) is 17.3. The van der Waals surface area contributed by atoms with Crippen molar-refractivity contribution in [1.29, 1.82) is 0 Å². The van der Waals surface area contributed by atoms with Crippen LogP contribution in [-0.2, 0) is 0 Å². The Balaban J connectivity index is 2.18. The second-order valence-electron chi connectivity index (χ2n) is 5.44. The molecule has 2 nitrogen and oxygen atoms in total. The van der Waals surface area contributed by atoms with Crippen LogP contribution in [0, 0.1) is 0 Å². The molecular weight excluding hydrogens is 333 g/mol. The molecule has 0 aliphatic rings. The number of rotatable bonds is 7. The summed E-state index contributed by atoms with van der Waals surface area (Å²) in [6, 6.07) is 18.2. The van der Waals surface area contributed by atoms with Gasteiger partial charge in [-0.3, -0.25) is 0 Å². The lowest BCUT2D eigenvalue weighted by Gasteiger charge is -2.22. The van der Waals surface area contributed by atoms with Crippen molar-refractivity contribution < 1.29 is 0 Å². The quantitative estimate of drug-likeness (QED) is 0.541. The molecule has 0 amide bonds. The highest BCUT2D eigenvalue weighted by molar-refractivity contribution is 6.14. The van der Waals surface area contributed by atoms with Crippen molar-refractivity contribution in [3.63, 3.8) is 0 Å². The molecule has 2 rings (SSSR count). The van der Waals surface area contributed by atoms with Crippen LogP contribution >= 0.6 is 0 Å². The van der Waals surface area contributed by atoms with Crippen molar-refractivity contribution >= 4 is 52.3 Å². The van der Waals surface area contributed by atoms with E-state index >= 15 is 0 Å². The fourth-order valence-corrected chi connectivity index (χ4v) is 7.95. The Kier molecular flexibility index (Phi) is 6.68. The van der Waals surface area contributed by atoms with Crippen LogP contribution in [0.4, 0.5) is 11.4 Å². The van der Waals surface area contributed by atoms with Crippen molar-refractivity contribution in [3.05, 3.63) is 48.5 Å². The number of hydrogen-bond acceptors (Lipinski definition) is 2. The SMILES string of the molecule is [SiH3]CN(C[SiH3])c1ccc(-c2ccc(N(C[SiH3])C[SiH3])cc2)cc1. The summed E-state index contributed by atoms with van der Waals surface area (Å²) < 4.78 is 0. The average molecular weight is 361 g/mol. The highest BCUT2D eigenvalue weighted by Gasteiger charge is 2.04. The van der Waals surface area contributed by atoms with Crippen molar-refractivity contribution in [2.45, 2.75) is 0 Å². The van der Waals surface area contributed by atoms with E-state index in [0.717, 1.165) is 0 Å². The Morgan fingerprint density at radius 2 is 0.773 bits per heavy atom. The second kappa shape index (κ2) is 8.52. The molecule has 0 spiro atoms. The molecule has 0 saturated carbocycles. The smallest absolute Gasteiger partial charge is 0.0360 e. The van der Waals surface area contributed by atoms with Gasteiger partial charge in [0.15, 0.2) is 0 Å². The van der Waals surface area contributed by atoms with Gasteiger partial charge in [0.2, 0.25) is 0 Å². The average Bonchev–Trinajstić information content (AvgIpc) is 2.58. The third-order valence-corrected chi connectivity index (χ3v) is 7.38. The van der Waals surface area contributed by atoms with E-state index in [1.807, 2.05) is 0 Å². The zero-order valence-corrected chi connectivity index (χ0v) is 22.3. The van der Waals surface area contributed by atoms with Gasteiger partial charge in [0, 0.05) is 77.0 Å². The van der Waals surface area contributed by atoms with Crippen LogP contribution in [0.3, 0.4) is 0 Å². The van der Waals surface area contributed by atoms with E-state index in [4.69, 9.17) is 0 Å². The Hall–Kier alpha value is -1.09. The van der Waals surface area contributed by atoms with Gasteiger partial charge in [0.05, 0.1) is 0 Å². The molecule has 6 heteroatoms. The van der Waals surface area contributed by atoms with E-state index in [1.54, 1.807) is 0 Å². The first-order valence-electron chi connectivity index (χ1n) is 8.43. The van der Waals surface area contributed by atoms with Gasteiger partial charge in [-0.25, -0.2) is 0 Å². The minimum Gasteiger partial charge on any atom is -0.379 e. The van der Waals surface area contributed by atoms with Gasteiger partial charge in [0.1, 0.15) is 0 Å². The topological polar surface area (TPSA) is 6.48 Å². The van der Waals surface area contributed by atoms with E-state index in [0.29, 0.717) is 0 Å². The molecule has 0 aromatic heterocycles. The summed E-state index contributed by atoms with van der Waals surface area (Å²) in [5.74, 6) is 0. The van der Waals surface area contributed by atoms with E-state index in [-0.39, 0.29) is 0 Å². The molecule has 22 heavy (non-hydrogen) atoms. The van der Waals surface area contributed by atoms with E-state index in [2.05, 4.69) is 58.3 Å². The molecule has 0 aliphatic heterocycles. The monoisotopic (exact) mass is 360 g/mol. The third kappa shape index (κ3) is 4.01. The largest absolute Gasteiger partial charge is 0.379 e. The molecule has 0 radical (unpaired) electrons. The molecular formula is C16H28N2Si4. The zero-order valence-electron chi connectivity index (χ0n) is 14.3. The van der Waals surface area contributed by atoms with Crippen LogP contribution in [0.25, 0.3) is 11.1 Å². The first-order chi connectivity index (χ1) is 10.7. The lowest BCUT2D eigenvalue weighted by Crippen LogP contribution is -2.25. The minimum atomic E-state index is 1.23. The van der Waals surface area contributed by atoms with Crippen molar-refractivity contribution in [2.24, 2.45) is 0 Å². The Bertz CT molecular complexity index is 510. The van der Waals surface area contributed by atoms with Gasteiger partial charge < -0.3 is 9.80 Å². The zero-order chi connectivity index (χ0) is 15.9. The predicted octanol–water partition coefficient (Wildman–Crippen LogP) is -1.74. The van der Waals surface area contributed by atoms with Crippen LogP contribution in [0.5, 0.6) is 0 Å². The standard InChI is InChI=1S/C16H28N2Si4/c19-9-17(10-20)15-5-1-13(2-6-15)14-3-7-16(8-4-14)18(11-21)12-22/h1-8H,9-12H2,19-22H3. The van der Waals surface area contributed by atoms with Gasteiger partial charge in [-0.15, -0.1) is 0 Å². The molecule has 2 aromatic carbocycles. The second-order valence-corrected chi connectivity index (χ2v) is 7.97. The van der Waals surface area contributed by atoms with Gasteiger partial charge in [-0.05, 0) is 35.4 Å². The summed E-state index contributed by atoms with van der Waals surface area (Å²) >= 11 is 0. The summed E-state index contributed by atoms with van der Waals surface area (Å²) in [4.78, 5) is 5.00. The summed E-state index contributed by atoms with van der Waals surface area (Å²) in [7, 11) is 4.95. The van der Waals surface area contributed by atoms with Crippen LogP contribution in [0.2, 0.25) is 0 Å². The normalized spacial score (nSPS) is 11.1. The fraction of sp³-hybridized carbons (Fsp3) is 0.250. The van der Waals surface area contributed by atoms with Crippen molar-refractivity contribution in [3.8, 4) is 11.1 Å². The van der Waals surface area contributed by atoms with E-state index in [9.17, 15) is 0 Å². The molecule has 118 valence electrons. The number of benzene rings is 2. The lowest BCUT2D eigenvalue weighted by atomic mass is 10.0. The number of hydrogen-bond donors (Lipinski definition) is 0. The van der Waals surface area contributed by atoms with Crippen molar-refractivity contribution in [1.82, 2.24) is 0 Å². The Morgan fingerprint density at radius 1 is 0.500 bits per heavy atom. The summed E-state index contributed by atoms with van der Waals surface area (Å²) in [5.41, 5.74) is 5.40. The molecule has 0 atom stereocenters. The highest BCUT2D eigenvalue weighted by Crippen LogP contribution is 2.25. The Morgan fingerprint density at radius 3 is 1.00 bits per heavy atom. The van der Waals surface area contributed by atoms with Crippen LogP contribution < -0.4 is 9.80 Å². The summed E-state index contributed by atoms with van der Waals surface area (Å²) in [6.45, 7) is 0. The first-order valence-corrected chi connectivity index (χ1v) is 14.1. The number of anilines is 2. The molecule has 0 unspecified atom stereocenters. The van der Waals surface area contributed by atoms with Crippen molar-refractivity contribution in [2.75, 3.05) is 34.5 Å². The predicted molar refractivity (Wildman–Crippen MR) is 116 cm³/mol. The molecule has 0 fully saturated rings. The summed E-state index contributed by atoms with van der Waals surface area (Å²) in [6.07, 6.45) is 4.92. The molecule has 0 aliphatic carbocycles. The van der Waals surface area contributed by atoms with Crippen LogP contribution in [-0.4, -0.2) is 65.6 Å². The van der Waals surface area contributed by atoms with Gasteiger partial charge in [-0.2, -0.15) is 0 Å². The summed E-state index contributed by atoms with van der Waals surface area (Å²) in [5, 5.41) is 0. The molecule has 0 saturated heterocycles. The molecule has 2 aromatic rings. The number of nitrogens with zero attached hydrogens (tertiary/aromatic N) is 2. The minimum absolute atomic E-state index is 1.23. The molecule has 0 bridgehead atoms. The van der Waals surface area contributed by atoms with Gasteiger partial charge in [0.25, 0.3) is 0 Å². The maximum Gasteiger partial charge on any atom is 0.0360 e. The Labute approximate surface area is 146 Å². The third-order valence-electron chi connectivity index (χ3n) is 4.33. The maximum atomic E-state index is 2.50. The fourth-order valence-electron chi connectivity index (χ4n) is 2.91. The van der Waals surface area contributed by atoms with E-state index < -0.39 is 0 Å². The van der Waals surface area contributed by atoms with Gasteiger partial charge >= 0.3 is 0 Å².